The van der Waals surface area contributed by atoms with Crippen molar-refractivity contribution in [3.63, 3.8) is 0 Å². The second kappa shape index (κ2) is 8.51. The fourth-order valence-electron chi connectivity index (χ4n) is 3.92. The van der Waals surface area contributed by atoms with E-state index >= 15 is 0 Å². The van der Waals surface area contributed by atoms with Crippen molar-refractivity contribution in [1.29, 1.82) is 0 Å². The Labute approximate surface area is 160 Å². The summed E-state index contributed by atoms with van der Waals surface area (Å²) in [7, 11) is 0. The molecule has 3 heteroatoms. The van der Waals surface area contributed by atoms with E-state index in [1.54, 1.807) is 0 Å². The van der Waals surface area contributed by atoms with Crippen LogP contribution in [-0.2, 0) is 14.9 Å². The van der Waals surface area contributed by atoms with E-state index in [9.17, 15) is 4.79 Å². The number of ether oxygens (including phenoxy) is 1. The molecule has 0 N–H and O–H groups in total. The molecule has 1 aliphatic carbocycles. The molecule has 0 aromatic heterocycles. The first kappa shape index (κ1) is 19.3. The third kappa shape index (κ3) is 4.47. The molecule has 1 saturated heterocycles. The number of benzene rings is 1. The number of alkyl halides is 2. The van der Waals surface area contributed by atoms with Crippen LogP contribution in [0.1, 0.15) is 57.1 Å². The molecule has 1 aromatic carbocycles. The average Bonchev–Trinajstić information content (AvgIpc) is 3.33. The standard InChI is InChI=1S/C22H33IO2/c1-4-13-25-14-5-6-19-16-23(15-18(19)3)21(24)22(11-12-22)20-9-7-17(2)8-10-20/h7-10,18-19H,4-6,11-16H2,1-3H3. The quantitative estimate of drug-likeness (QED) is 0.211. The molecule has 2 unspecified atom stereocenters. The summed E-state index contributed by atoms with van der Waals surface area (Å²) < 4.78 is 8.82. The van der Waals surface area contributed by atoms with Crippen molar-refractivity contribution >= 4 is 23.6 Å². The van der Waals surface area contributed by atoms with Crippen LogP contribution in [-0.4, -0.2) is 25.9 Å². The number of rotatable bonds is 9. The molecule has 2 fully saturated rings. The Morgan fingerprint density at radius 1 is 1.20 bits per heavy atom. The van der Waals surface area contributed by atoms with Crippen molar-refractivity contribution in [2.75, 3.05) is 22.1 Å². The first-order valence-corrected chi connectivity index (χ1v) is 14.0. The summed E-state index contributed by atoms with van der Waals surface area (Å²) in [6.07, 6.45) is 5.70. The van der Waals surface area contributed by atoms with E-state index in [1.807, 2.05) is 0 Å². The van der Waals surface area contributed by atoms with Crippen molar-refractivity contribution < 1.29 is 9.53 Å². The number of aryl methyl sites for hydroxylation is 1. The third-order valence-electron chi connectivity index (χ3n) is 5.80. The summed E-state index contributed by atoms with van der Waals surface area (Å²) in [6, 6.07) is 8.75. The number of carbonyl (C=O) groups excluding carboxylic acids is 1. The molecule has 1 aliphatic heterocycles. The van der Waals surface area contributed by atoms with Gasteiger partial charge in [-0.05, 0) is 0 Å². The van der Waals surface area contributed by atoms with Crippen LogP contribution in [0.5, 0.6) is 0 Å². The van der Waals surface area contributed by atoms with Gasteiger partial charge in [0.1, 0.15) is 0 Å². The van der Waals surface area contributed by atoms with Gasteiger partial charge in [0.15, 0.2) is 0 Å². The molecule has 2 aliphatic rings. The Bertz CT molecular complexity index is 576. The molecule has 2 nitrogen and oxygen atoms in total. The van der Waals surface area contributed by atoms with Crippen LogP contribution in [0.3, 0.4) is 0 Å². The van der Waals surface area contributed by atoms with Gasteiger partial charge in [-0.3, -0.25) is 0 Å². The van der Waals surface area contributed by atoms with E-state index in [4.69, 9.17) is 4.74 Å². The molecule has 0 radical (unpaired) electrons. The Balaban J connectivity index is 1.55. The van der Waals surface area contributed by atoms with Gasteiger partial charge in [0.25, 0.3) is 0 Å². The summed E-state index contributed by atoms with van der Waals surface area (Å²) >= 11 is -1.48. The summed E-state index contributed by atoms with van der Waals surface area (Å²) in [5.74, 6) is 1.52. The van der Waals surface area contributed by atoms with Gasteiger partial charge in [0.05, 0.1) is 0 Å². The van der Waals surface area contributed by atoms with E-state index in [0.29, 0.717) is 3.79 Å². The summed E-state index contributed by atoms with van der Waals surface area (Å²) in [6.45, 7) is 8.44. The van der Waals surface area contributed by atoms with Crippen molar-refractivity contribution in [2.24, 2.45) is 11.8 Å². The average molecular weight is 456 g/mol. The Morgan fingerprint density at radius 2 is 1.92 bits per heavy atom. The van der Waals surface area contributed by atoms with Gasteiger partial charge in [-0.2, -0.15) is 0 Å². The zero-order chi connectivity index (χ0) is 17.9. The molecule has 1 saturated carbocycles. The van der Waals surface area contributed by atoms with Crippen molar-refractivity contribution in [2.45, 2.75) is 58.3 Å². The topological polar surface area (TPSA) is 26.3 Å². The molecule has 0 bridgehead atoms. The summed E-state index contributed by atoms with van der Waals surface area (Å²) in [5, 5.41) is 0. The summed E-state index contributed by atoms with van der Waals surface area (Å²) in [5.41, 5.74) is 2.51. The predicted octanol–water partition coefficient (Wildman–Crippen LogP) is 5.53. The number of hydrogen-bond donors (Lipinski definition) is 0. The molecule has 3 rings (SSSR count). The molecule has 2 atom stereocenters. The second-order valence-corrected chi connectivity index (χ2v) is 13.3. The Kier molecular flexibility index (Phi) is 6.59. The van der Waals surface area contributed by atoms with Crippen molar-refractivity contribution in [3.8, 4) is 0 Å². The molecule has 25 heavy (non-hydrogen) atoms. The maximum absolute atomic E-state index is 13.4. The fourth-order valence-corrected chi connectivity index (χ4v) is 12.5. The maximum atomic E-state index is 13.4. The molecule has 140 valence electrons. The van der Waals surface area contributed by atoms with Gasteiger partial charge in [-0.1, -0.05) is 0 Å². The summed E-state index contributed by atoms with van der Waals surface area (Å²) in [4.78, 5) is 13.4. The fraction of sp³-hybridized carbons (Fsp3) is 0.682. The van der Waals surface area contributed by atoms with Crippen LogP contribution in [0.2, 0.25) is 0 Å². The van der Waals surface area contributed by atoms with Crippen LogP contribution >= 0.6 is 19.8 Å². The van der Waals surface area contributed by atoms with E-state index in [0.717, 1.165) is 50.7 Å². The van der Waals surface area contributed by atoms with Gasteiger partial charge in [0, 0.05) is 0 Å². The van der Waals surface area contributed by atoms with Gasteiger partial charge in [-0.25, -0.2) is 0 Å². The first-order chi connectivity index (χ1) is 12.1. The van der Waals surface area contributed by atoms with Gasteiger partial charge in [-0.15, -0.1) is 0 Å². The molecule has 1 heterocycles. The SMILES string of the molecule is CCCOCCCC1CI(C(=O)C2(c3ccc(C)cc3)CC2)CC1C. The Hall–Kier alpha value is -0.420. The molecule has 0 spiro atoms. The first-order valence-electron chi connectivity index (χ1n) is 9.88. The monoisotopic (exact) mass is 456 g/mol. The van der Waals surface area contributed by atoms with Crippen LogP contribution in [0.25, 0.3) is 0 Å². The zero-order valence-corrected chi connectivity index (χ0v) is 18.2. The second-order valence-electron chi connectivity index (χ2n) is 7.98. The van der Waals surface area contributed by atoms with Gasteiger partial charge < -0.3 is 0 Å². The van der Waals surface area contributed by atoms with E-state index < -0.39 is 19.8 Å². The Morgan fingerprint density at radius 3 is 2.56 bits per heavy atom. The van der Waals surface area contributed by atoms with E-state index in [-0.39, 0.29) is 5.41 Å². The minimum atomic E-state index is -1.48. The third-order valence-corrected chi connectivity index (χ3v) is 12.9. The number of hydrogen-bond acceptors (Lipinski definition) is 2. The molecule has 0 amide bonds. The predicted molar refractivity (Wildman–Crippen MR) is 114 cm³/mol. The van der Waals surface area contributed by atoms with Crippen LogP contribution in [0.15, 0.2) is 24.3 Å². The molecular formula is C22H33IO2. The molecular weight excluding hydrogens is 423 g/mol. The van der Waals surface area contributed by atoms with Crippen LogP contribution in [0, 0.1) is 18.8 Å². The van der Waals surface area contributed by atoms with Gasteiger partial charge in [0.2, 0.25) is 0 Å². The van der Waals surface area contributed by atoms with Crippen molar-refractivity contribution in [3.05, 3.63) is 35.4 Å². The van der Waals surface area contributed by atoms with E-state index in [2.05, 4.69) is 45.0 Å². The van der Waals surface area contributed by atoms with Gasteiger partial charge >= 0.3 is 161 Å². The van der Waals surface area contributed by atoms with Crippen molar-refractivity contribution in [1.82, 2.24) is 0 Å². The number of halogens is 1. The minimum absolute atomic E-state index is 0.0720. The normalized spacial score (nSPS) is 26.0. The molecule has 1 aromatic rings. The van der Waals surface area contributed by atoms with Crippen LogP contribution < -0.4 is 0 Å². The van der Waals surface area contributed by atoms with Crippen LogP contribution in [0.4, 0.5) is 0 Å². The zero-order valence-electron chi connectivity index (χ0n) is 16.0. The van der Waals surface area contributed by atoms with E-state index in [1.165, 1.54) is 26.4 Å². The number of carbonyl (C=O) groups is 1.